The molecule has 0 fully saturated rings. The van der Waals surface area contributed by atoms with Gasteiger partial charge >= 0.3 is 5.97 Å². The highest BCUT2D eigenvalue weighted by Gasteiger charge is 2.13. The van der Waals surface area contributed by atoms with E-state index in [0.717, 1.165) is 16.9 Å². The van der Waals surface area contributed by atoms with E-state index in [9.17, 15) is 9.59 Å². The number of aliphatic carboxylic acids is 1. The van der Waals surface area contributed by atoms with Crippen LogP contribution in [0.15, 0.2) is 18.2 Å². The molecular formula is C16H24N2O4. The Labute approximate surface area is 131 Å². The number of nitrogens with zero attached hydrogens (tertiary/aromatic N) is 2. The minimum absolute atomic E-state index is 0.0757. The number of benzene rings is 1. The summed E-state index contributed by atoms with van der Waals surface area (Å²) in [4.78, 5) is 25.5. The zero-order chi connectivity index (χ0) is 16.7. The van der Waals surface area contributed by atoms with Crippen LogP contribution in [0, 0.1) is 13.8 Å². The SMILES string of the molecule is Cc1cc(C)cc(OCCN(C)C(=O)CN(C)CC(=O)O)c1. The molecule has 0 aliphatic heterocycles. The van der Waals surface area contributed by atoms with Crippen molar-refractivity contribution in [3.8, 4) is 5.75 Å². The van der Waals surface area contributed by atoms with E-state index in [2.05, 4.69) is 6.07 Å². The number of likely N-dealkylation sites (N-methyl/N-ethyl adjacent to an activating group) is 2. The third kappa shape index (κ3) is 6.58. The van der Waals surface area contributed by atoms with Gasteiger partial charge in [-0.25, -0.2) is 0 Å². The van der Waals surface area contributed by atoms with Gasteiger partial charge in [-0.3, -0.25) is 14.5 Å². The molecule has 0 saturated carbocycles. The normalized spacial score (nSPS) is 10.6. The van der Waals surface area contributed by atoms with Gasteiger partial charge in [-0.1, -0.05) is 6.07 Å². The van der Waals surface area contributed by atoms with Crippen molar-refractivity contribution in [2.75, 3.05) is 40.3 Å². The lowest BCUT2D eigenvalue weighted by Gasteiger charge is -2.21. The maximum Gasteiger partial charge on any atom is 0.317 e. The molecule has 0 aromatic heterocycles. The molecule has 0 radical (unpaired) electrons. The lowest BCUT2D eigenvalue weighted by Crippen LogP contribution is -2.40. The number of hydrogen-bond acceptors (Lipinski definition) is 4. The van der Waals surface area contributed by atoms with Gasteiger partial charge in [0.1, 0.15) is 12.4 Å². The molecule has 6 heteroatoms. The standard InChI is InChI=1S/C16H24N2O4/c1-12-7-13(2)9-14(8-12)22-6-5-18(4)15(19)10-17(3)11-16(20)21/h7-9H,5-6,10-11H2,1-4H3,(H,20,21). The van der Waals surface area contributed by atoms with Gasteiger partial charge in [0.15, 0.2) is 0 Å². The first-order chi connectivity index (χ1) is 10.3. The average Bonchev–Trinajstić information content (AvgIpc) is 2.36. The summed E-state index contributed by atoms with van der Waals surface area (Å²) < 4.78 is 5.66. The minimum atomic E-state index is -0.948. The second kappa shape index (κ2) is 8.38. The Hall–Kier alpha value is -2.08. The fourth-order valence-electron chi connectivity index (χ4n) is 2.08. The monoisotopic (exact) mass is 308 g/mol. The summed E-state index contributed by atoms with van der Waals surface area (Å²) in [6.07, 6.45) is 0. The van der Waals surface area contributed by atoms with Crippen molar-refractivity contribution in [2.45, 2.75) is 13.8 Å². The van der Waals surface area contributed by atoms with E-state index in [1.54, 1.807) is 19.0 Å². The fourth-order valence-corrected chi connectivity index (χ4v) is 2.08. The van der Waals surface area contributed by atoms with Crippen LogP contribution in [0.5, 0.6) is 5.75 Å². The Kier molecular flexibility index (Phi) is 6.85. The van der Waals surface area contributed by atoms with Crippen molar-refractivity contribution >= 4 is 11.9 Å². The highest BCUT2D eigenvalue weighted by Crippen LogP contribution is 2.15. The van der Waals surface area contributed by atoms with E-state index in [4.69, 9.17) is 9.84 Å². The number of carboxylic acids is 1. The third-order valence-corrected chi connectivity index (χ3v) is 3.13. The Morgan fingerprint density at radius 2 is 1.68 bits per heavy atom. The molecule has 1 aromatic carbocycles. The first-order valence-electron chi connectivity index (χ1n) is 7.13. The van der Waals surface area contributed by atoms with E-state index in [1.165, 1.54) is 4.90 Å². The molecule has 0 heterocycles. The van der Waals surface area contributed by atoms with Crippen molar-refractivity contribution in [2.24, 2.45) is 0 Å². The summed E-state index contributed by atoms with van der Waals surface area (Å²) in [6.45, 7) is 4.78. The van der Waals surface area contributed by atoms with Gasteiger partial charge in [0, 0.05) is 7.05 Å². The van der Waals surface area contributed by atoms with Crippen LogP contribution in [0.1, 0.15) is 11.1 Å². The van der Waals surface area contributed by atoms with Crippen LogP contribution >= 0.6 is 0 Å². The van der Waals surface area contributed by atoms with Gasteiger partial charge in [-0.2, -0.15) is 0 Å². The molecule has 0 saturated heterocycles. The second-order valence-electron chi connectivity index (χ2n) is 5.55. The van der Waals surface area contributed by atoms with Gasteiger partial charge in [0.25, 0.3) is 0 Å². The van der Waals surface area contributed by atoms with Crippen LogP contribution in [0.25, 0.3) is 0 Å². The zero-order valence-corrected chi connectivity index (χ0v) is 13.6. The van der Waals surface area contributed by atoms with Gasteiger partial charge in [0.05, 0.1) is 19.6 Å². The molecule has 6 nitrogen and oxygen atoms in total. The number of carbonyl (C=O) groups excluding carboxylic acids is 1. The van der Waals surface area contributed by atoms with Crippen LogP contribution in [0.2, 0.25) is 0 Å². The number of rotatable bonds is 8. The van der Waals surface area contributed by atoms with Crippen LogP contribution in [0.4, 0.5) is 0 Å². The molecule has 0 spiro atoms. The maximum absolute atomic E-state index is 11.9. The summed E-state index contributed by atoms with van der Waals surface area (Å²) in [5.74, 6) is -0.287. The summed E-state index contributed by atoms with van der Waals surface area (Å²) in [5, 5.41) is 8.66. The number of carbonyl (C=O) groups is 2. The molecule has 0 atom stereocenters. The van der Waals surface area contributed by atoms with Gasteiger partial charge in [-0.05, 0) is 44.2 Å². The molecule has 1 amide bonds. The topological polar surface area (TPSA) is 70.1 Å². The van der Waals surface area contributed by atoms with Crippen LogP contribution in [-0.4, -0.2) is 67.1 Å². The number of aryl methyl sites for hydroxylation is 2. The lowest BCUT2D eigenvalue weighted by atomic mass is 10.1. The summed E-state index contributed by atoms with van der Waals surface area (Å²) in [5.41, 5.74) is 2.27. The maximum atomic E-state index is 11.9. The van der Waals surface area contributed by atoms with E-state index < -0.39 is 5.97 Å². The van der Waals surface area contributed by atoms with Crippen molar-refractivity contribution < 1.29 is 19.4 Å². The zero-order valence-electron chi connectivity index (χ0n) is 13.6. The molecule has 1 rings (SSSR count). The molecule has 0 bridgehead atoms. The van der Waals surface area contributed by atoms with Gasteiger partial charge in [-0.15, -0.1) is 0 Å². The van der Waals surface area contributed by atoms with E-state index in [1.807, 2.05) is 26.0 Å². The number of hydrogen-bond donors (Lipinski definition) is 1. The molecule has 1 aromatic rings. The van der Waals surface area contributed by atoms with Gasteiger partial charge < -0.3 is 14.7 Å². The molecular weight excluding hydrogens is 284 g/mol. The third-order valence-electron chi connectivity index (χ3n) is 3.13. The van der Waals surface area contributed by atoms with E-state index >= 15 is 0 Å². The highest BCUT2D eigenvalue weighted by molar-refractivity contribution is 5.78. The van der Waals surface area contributed by atoms with Crippen LogP contribution in [0.3, 0.4) is 0 Å². The Balaban J connectivity index is 2.37. The second-order valence-corrected chi connectivity index (χ2v) is 5.55. The molecule has 1 N–H and O–H groups in total. The number of carboxylic acid groups (broad SMARTS) is 1. The number of amides is 1. The molecule has 0 aliphatic carbocycles. The summed E-state index contributed by atoms with van der Waals surface area (Å²) in [6, 6.07) is 5.98. The number of ether oxygens (including phenoxy) is 1. The van der Waals surface area contributed by atoms with Crippen molar-refractivity contribution in [3.05, 3.63) is 29.3 Å². The average molecular weight is 308 g/mol. The molecule has 22 heavy (non-hydrogen) atoms. The van der Waals surface area contributed by atoms with E-state index in [-0.39, 0.29) is 19.0 Å². The van der Waals surface area contributed by atoms with Crippen molar-refractivity contribution in [3.63, 3.8) is 0 Å². The lowest BCUT2D eigenvalue weighted by molar-refractivity contribution is -0.139. The first kappa shape index (κ1) is 18.0. The van der Waals surface area contributed by atoms with Crippen LogP contribution in [-0.2, 0) is 9.59 Å². The predicted octanol–water partition coefficient (Wildman–Crippen LogP) is 1.16. The summed E-state index contributed by atoms with van der Waals surface area (Å²) >= 11 is 0. The largest absolute Gasteiger partial charge is 0.492 e. The molecule has 0 aliphatic rings. The quantitative estimate of drug-likeness (QED) is 0.780. The Morgan fingerprint density at radius 3 is 2.23 bits per heavy atom. The fraction of sp³-hybridized carbons (Fsp3) is 0.500. The Morgan fingerprint density at radius 1 is 1.09 bits per heavy atom. The first-order valence-corrected chi connectivity index (χ1v) is 7.13. The predicted molar refractivity (Wildman–Crippen MR) is 84.2 cm³/mol. The van der Waals surface area contributed by atoms with Crippen LogP contribution < -0.4 is 4.74 Å². The Bertz CT molecular complexity index is 511. The smallest absolute Gasteiger partial charge is 0.317 e. The van der Waals surface area contributed by atoms with E-state index in [0.29, 0.717) is 13.2 Å². The summed E-state index contributed by atoms with van der Waals surface area (Å²) in [7, 11) is 3.29. The minimum Gasteiger partial charge on any atom is -0.492 e. The molecule has 0 unspecified atom stereocenters. The van der Waals surface area contributed by atoms with Gasteiger partial charge in [0.2, 0.25) is 5.91 Å². The van der Waals surface area contributed by atoms with Crippen molar-refractivity contribution in [1.82, 2.24) is 9.80 Å². The highest BCUT2D eigenvalue weighted by atomic mass is 16.5. The molecule has 122 valence electrons. The van der Waals surface area contributed by atoms with Crippen molar-refractivity contribution in [1.29, 1.82) is 0 Å².